The van der Waals surface area contributed by atoms with Gasteiger partial charge in [-0.1, -0.05) is 15.9 Å². The molecule has 1 heterocycles. The molecule has 70 valence electrons. The summed E-state index contributed by atoms with van der Waals surface area (Å²) in [5.74, 6) is 0.930. The van der Waals surface area contributed by atoms with Gasteiger partial charge in [0.1, 0.15) is 11.4 Å². The lowest BCUT2D eigenvalue weighted by molar-refractivity contribution is 0.116. The summed E-state index contributed by atoms with van der Waals surface area (Å²) < 4.78 is 6.86. The van der Waals surface area contributed by atoms with Crippen LogP contribution in [0.3, 0.4) is 0 Å². The van der Waals surface area contributed by atoms with Crippen molar-refractivity contribution in [2.24, 2.45) is 0 Å². The molecule has 1 aliphatic heterocycles. The Morgan fingerprint density at radius 1 is 1.46 bits per heavy atom. The molecule has 0 aliphatic carbocycles. The van der Waals surface area contributed by atoms with Gasteiger partial charge in [-0.05, 0) is 32.0 Å². The van der Waals surface area contributed by atoms with E-state index in [9.17, 15) is 0 Å². The third-order valence-corrected chi connectivity index (χ3v) is 2.53. The van der Waals surface area contributed by atoms with Crippen LogP contribution < -0.4 is 10.1 Å². The molecule has 1 N–H and O–H groups in total. The van der Waals surface area contributed by atoms with Crippen LogP contribution in [0.4, 0.5) is 5.69 Å². The predicted octanol–water partition coefficient (Wildman–Crippen LogP) is 3.03. The van der Waals surface area contributed by atoms with Gasteiger partial charge < -0.3 is 10.1 Å². The minimum atomic E-state index is -0.110. The van der Waals surface area contributed by atoms with E-state index in [-0.39, 0.29) is 5.60 Å². The molecule has 0 unspecified atom stereocenters. The fourth-order valence-electron chi connectivity index (χ4n) is 1.37. The highest BCUT2D eigenvalue weighted by Gasteiger charge is 2.25. The molecule has 0 amide bonds. The molecule has 0 atom stereocenters. The zero-order valence-electron chi connectivity index (χ0n) is 7.73. The van der Waals surface area contributed by atoms with Crippen molar-refractivity contribution in [3.8, 4) is 5.75 Å². The maximum absolute atomic E-state index is 5.79. The van der Waals surface area contributed by atoms with Crippen molar-refractivity contribution in [2.75, 3.05) is 11.9 Å². The first-order valence-corrected chi connectivity index (χ1v) is 5.09. The van der Waals surface area contributed by atoms with Gasteiger partial charge in [0.25, 0.3) is 0 Å². The van der Waals surface area contributed by atoms with E-state index in [1.807, 2.05) is 18.2 Å². The zero-order chi connectivity index (χ0) is 9.47. The third kappa shape index (κ3) is 1.80. The number of fused-ring (bicyclic) bond motifs is 1. The van der Waals surface area contributed by atoms with Gasteiger partial charge in [-0.15, -0.1) is 0 Å². The van der Waals surface area contributed by atoms with E-state index >= 15 is 0 Å². The summed E-state index contributed by atoms with van der Waals surface area (Å²) in [6.07, 6.45) is 0. The second-order valence-corrected chi connectivity index (χ2v) is 4.77. The van der Waals surface area contributed by atoms with Gasteiger partial charge in [0.2, 0.25) is 0 Å². The summed E-state index contributed by atoms with van der Waals surface area (Å²) in [5, 5.41) is 3.34. The summed E-state index contributed by atoms with van der Waals surface area (Å²) in [6.45, 7) is 4.99. The van der Waals surface area contributed by atoms with Gasteiger partial charge in [-0.3, -0.25) is 0 Å². The number of hydrogen-bond acceptors (Lipinski definition) is 2. The lowest BCUT2D eigenvalue weighted by Gasteiger charge is -2.33. The number of anilines is 1. The quantitative estimate of drug-likeness (QED) is 0.754. The Hall–Kier alpha value is -0.700. The molecule has 0 fully saturated rings. The molecule has 0 spiro atoms. The normalized spacial score (nSPS) is 18.4. The zero-order valence-corrected chi connectivity index (χ0v) is 9.31. The van der Waals surface area contributed by atoms with Gasteiger partial charge >= 0.3 is 0 Å². The Bertz CT molecular complexity index is 336. The first-order chi connectivity index (χ1) is 6.07. The van der Waals surface area contributed by atoms with E-state index in [2.05, 4.69) is 35.1 Å². The second-order valence-electron chi connectivity index (χ2n) is 3.86. The van der Waals surface area contributed by atoms with E-state index in [4.69, 9.17) is 4.74 Å². The van der Waals surface area contributed by atoms with Crippen molar-refractivity contribution < 1.29 is 4.74 Å². The maximum atomic E-state index is 5.79. The van der Waals surface area contributed by atoms with Gasteiger partial charge in [0, 0.05) is 4.47 Å². The van der Waals surface area contributed by atoms with E-state index in [1.165, 1.54) is 0 Å². The van der Waals surface area contributed by atoms with Crippen LogP contribution in [0.15, 0.2) is 22.7 Å². The van der Waals surface area contributed by atoms with Crippen molar-refractivity contribution in [1.29, 1.82) is 0 Å². The monoisotopic (exact) mass is 241 g/mol. The van der Waals surface area contributed by atoms with Crippen LogP contribution in [0.5, 0.6) is 5.75 Å². The number of rotatable bonds is 0. The smallest absolute Gasteiger partial charge is 0.143 e. The van der Waals surface area contributed by atoms with E-state index in [0.29, 0.717) is 0 Å². The number of hydrogen-bond donors (Lipinski definition) is 1. The average molecular weight is 242 g/mol. The van der Waals surface area contributed by atoms with Gasteiger partial charge in [-0.25, -0.2) is 0 Å². The minimum absolute atomic E-state index is 0.110. The summed E-state index contributed by atoms with van der Waals surface area (Å²) in [5.41, 5.74) is 0.953. The molecule has 0 bridgehead atoms. The van der Waals surface area contributed by atoms with Crippen molar-refractivity contribution in [3.63, 3.8) is 0 Å². The van der Waals surface area contributed by atoms with Crippen molar-refractivity contribution in [2.45, 2.75) is 19.4 Å². The van der Waals surface area contributed by atoms with E-state index in [0.717, 1.165) is 22.5 Å². The molecule has 0 aromatic heterocycles. The Morgan fingerprint density at radius 2 is 2.23 bits per heavy atom. The standard InChI is InChI=1S/C10H12BrNO/c1-10(2)6-12-8-5-7(11)3-4-9(8)13-10/h3-5,12H,6H2,1-2H3. The van der Waals surface area contributed by atoms with Crippen molar-refractivity contribution >= 4 is 21.6 Å². The summed E-state index contributed by atoms with van der Waals surface area (Å²) >= 11 is 3.42. The first-order valence-electron chi connectivity index (χ1n) is 4.29. The molecule has 13 heavy (non-hydrogen) atoms. The summed E-state index contributed by atoms with van der Waals surface area (Å²) in [7, 11) is 0. The molecule has 1 aromatic carbocycles. The molecule has 1 aromatic rings. The number of benzene rings is 1. The number of ether oxygens (including phenoxy) is 1. The Labute approximate surface area is 86.4 Å². The van der Waals surface area contributed by atoms with E-state index in [1.54, 1.807) is 0 Å². The fraction of sp³-hybridized carbons (Fsp3) is 0.400. The van der Waals surface area contributed by atoms with Crippen LogP contribution in [-0.4, -0.2) is 12.1 Å². The minimum Gasteiger partial charge on any atom is -0.484 e. The lowest BCUT2D eigenvalue weighted by atomic mass is 10.1. The van der Waals surface area contributed by atoms with Crippen LogP contribution in [-0.2, 0) is 0 Å². The molecule has 0 saturated carbocycles. The van der Waals surface area contributed by atoms with Crippen LogP contribution in [0.1, 0.15) is 13.8 Å². The lowest BCUT2D eigenvalue weighted by Crippen LogP contribution is -2.39. The molecule has 3 heteroatoms. The molecular formula is C10H12BrNO. The highest BCUT2D eigenvalue weighted by Crippen LogP contribution is 2.34. The average Bonchev–Trinajstić information content (AvgIpc) is 2.05. The topological polar surface area (TPSA) is 21.3 Å². The van der Waals surface area contributed by atoms with Crippen LogP contribution in [0, 0.1) is 0 Å². The Balaban J connectivity index is 2.37. The summed E-state index contributed by atoms with van der Waals surface area (Å²) in [6, 6.07) is 6.00. The molecule has 0 radical (unpaired) electrons. The predicted molar refractivity (Wildman–Crippen MR) is 57.3 cm³/mol. The highest BCUT2D eigenvalue weighted by molar-refractivity contribution is 9.10. The van der Waals surface area contributed by atoms with Gasteiger partial charge in [-0.2, -0.15) is 0 Å². The van der Waals surface area contributed by atoms with Crippen molar-refractivity contribution in [3.05, 3.63) is 22.7 Å². The SMILES string of the molecule is CC1(C)CNc2cc(Br)ccc2O1. The largest absolute Gasteiger partial charge is 0.484 e. The maximum Gasteiger partial charge on any atom is 0.143 e. The number of halogens is 1. The highest BCUT2D eigenvalue weighted by atomic mass is 79.9. The second kappa shape index (κ2) is 2.91. The fourth-order valence-corrected chi connectivity index (χ4v) is 1.73. The van der Waals surface area contributed by atoms with Gasteiger partial charge in [0.05, 0.1) is 12.2 Å². The van der Waals surface area contributed by atoms with Crippen LogP contribution in [0.25, 0.3) is 0 Å². The molecule has 1 aliphatic rings. The van der Waals surface area contributed by atoms with Crippen LogP contribution >= 0.6 is 15.9 Å². The Kier molecular flexibility index (Phi) is 1.99. The third-order valence-electron chi connectivity index (χ3n) is 2.03. The Morgan fingerprint density at radius 3 is 3.00 bits per heavy atom. The molecule has 2 nitrogen and oxygen atoms in total. The molecular weight excluding hydrogens is 230 g/mol. The van der Waals surface area contributed by atoms with Crippen LogP contribution in [0.2, 0.25) is 0 Å². The number of nitrogens with one attached hydrogen (secondary N) is 1. The first kappa shape index (κ1) is 8.88. The van der Waals surface area contributed by atoms with E-state index < -0.39 is 0 Å². The molecule has 0 saturated heterocycles. The molecule has 2 rings (SSSR count). The summed E-state index contributed by atoms with van der Waals surface area (Å²) in [4.78, 5) is 0. The van der Waals surface area contributed by atoms with Crippen molar-refractivity contribution in [1.82, 2.24) is 0 Å². The van der Waals surface area contributed by atoms with Gasteiger partial charge in [0.15, 0.2) is 0 Å².